The van der Waals surface area contributed by atoms with Crippen molar-refractivity contribution in [2.24, 2.45) is 0 Å². The Balaban J connectivity index is 2.16. The molecule has 2 rings (SSSR count). The molecule has 0 saturated heterocycles. The molecule has 0 aromatic carbocycles. The van der Waals surface area contributed by atoms with Gasteiger partial charge in [-0.1, -0.05) is 6.08 Å². The first-order valence-corrected chi connectivity index (χ1v) is 6.48. The lowest BCUT2D eigenvalue weighted by Gasteiger charge is -2.28. The van der Waals surface area contributed by atoms with Crippen LogP contribution in [-0.2, 0) is 9.53 Å². The number of ether oxygens (including phenoxy) is 1. The van der Waals surface area contributed by atoms with Crippen LogP contribution in [0.25, 0.3) is 6.08 Å². The third-order valence-electron chi connectivity index (χ3n) is 3.15. The molecule has 5 heteroatoms. The van der Waals surface area contributed by atoms with Crippen molar-refractivity contribution in [3.8, 4) is 0 Å². The minimum Gasteiger partial charge on any atom is -0.478 e. The first-order valence-electron chi connectivity index (χ1n) is 6.48. The number of aliphatic carboxylic acids is 1. The lowest BCUT2D eigenvalue weighted by molar-refractivity contribution is -0.131. The highest BCUT2D eigenvalue weighted by Crippen LogP contribution is 2.22. The Morgan fingerprint density at radius 1 is 1.60 bits per heavy atom. The van der Waals surface area contributed by atoms with Crippen LogP contribution in [0.1, 0.15) is 12.0 Å². The zero-order valence-electron chi connectivity index (χ0n) is 11.5. The normalized spacial score (nSPS) is 15.4. The van der Waals surface area contributed by atoms with Gasteiger partial charge in [-0.2, -0.15) is 0 Å². The van der Waals surface area contributed by atoms with Crippen molar-refractivity contribution in [3.63, 3.8) is 0 Å². The van der Waals surface area contributed by atoms with Crippen LogP contribution in [0.15, 0.2) is 36.1 Å². The zero-order chi connectivity index (χ0) is 14.4. The van der Waals surface area contributed by atoms with Crippen LogP contribution in [0.2, 0.25) is 0 Å². The molecule has 20 heavy (non-hydrogen) atoms. The second-order valence-corrected chi connectivity index (χ2v) is 4.58. The topological polar surface area (TPSA) is 62.7 Å². The van der Waals surface area contributed by atoms with Gasteiger partial charge in [-0.15, -0.1) is 0 Å². The molecule has 2 heterocycles. The average molecular weight is 274 g/mol. The third-order valence-corrected chi connectivity index (χ3v) is 3.15. The van der Waals surface area contributed by atoms with E-state index in [-0.39, 0.29) is 0 Å². The summed E-state index contributed by atoms with van der Waals surface area (Å²) in [6.07, 6.45) is 7.52. The van der Waals surface area contributed by atoms with Crippen LogP contribution < -0.4 is 4.90 Å². The van der Waals surface area contributed by atoms with E-state index in [0.29, 0.717) is 6.61 Å². The molecule has 106 valence electrons. The lowest BCUT2D eigenvalue weighted by atomic mass is 10.1. The Bertz CT molecular complexity index is 538. The van der Waals surface area contributed by atoms with E-state index in [1.165, 1.54) is 5.57 Å². The van der Waals surface area contributed by atoms with E-state index < -0.39 is 5.97 Å². The van der Waals surface area contributed by atoms with Gasteiger partial charge in [0.1, 0.15) is 5.82 Å². The summed E-state index contributed by atoms with van der Waals surface area (Å²) in [7, 11) is 1.70. The fourth-order valence-corrected chi connectivity index (χ4v) is 2.18. The van der Waals surface area contributed by atoms with Gasteiger partial charge in [-0.05, 0) is 30.2 Å². The fraction of sp³-hybridized carbons (Fsp3) is 0.333. The third kappa shape index (κ3) is 3.68. The van der Waals surface area contributed by atoms with E-state index in [0.717, 1.165) is 37.0 Å². The summed E-state index contributed by atoms with van der Waals surface area (Å²) in [5.74, 6) is -0.140. The minimum absolute atomic E-state index is 0.668. The number of carbonyl (C=O) groups is 1. The second-order valence-electron chi connectivity index (χ2n) is 4.58. The number of rotatable bonds is 5. The van der Waals surface area contributed by atoms with E-state index in [2.05, 4.69) is 16.0 Å². The number of hydrogen-bond donors (Lipinski definition) is 1. The van der Waals surface area contributed by atoms with Crippen molar-refractivity contribution in [2.45, 2.75) is 6.42 Å². The highest BCUT2D eigenvalue weighted by Gasteiger charge is 2.15. The zero-order valence-corrected chi connectivity index (χ0v) is 11.5. The molecular weight excluding hydrogens is 256 g/mol. The summed E-state index contributed by atoms with van der Waals surface area (Å²) in [4.78, 5) is 17.1. The van der Waals surface area contributed by atoms with Gasteiger partial charge in [-0.25, -0.2) is 9.78 Å². The first-order chi connectivity index (χ1) is 9.70. The Labute approximate surface area is 118 Å². The molecule has 0 unspecified atom stereocenters. The summed E-state index contributed by atoms with van der Waals surface area (Å²) in [6.45, 7) is 2.30. The van der Waals surface area contributed by atoms with E-state index in [9.17, 15) is 4.79 Å². The lowest BCUT2D eigenvalue weighted by Crippen LogP contribution is -2.30. The Hall–Kier alpha value is -2.14. The molecule has 1 aromatic rings. The van der Waals surface area contributed by atoms with Crippen LogP contribution in [-0.4, -0.2) is 42.9 Å². The number of nitrogens with zero attached hydrogens (tertiary/aromatic N) is 2. The molecule has 5 nitrogen and oxygen atoms in total. The van der Waals surface area contributed by atoms with Gasteiger partial charge in [-0.3, -0.25) is 0 Å². The standard InChI is InChI=1S/C15H18N2O3/c1-20-11-12-6-9-17(10-7-12)15-13(3-2-8-16-15)4-5-14(18)19/h2-6,8H,7,9-11H2,1H3,(H,18,19)/b5-4+. The molecule has 0 amide bonds. The summed E-state index contributed by atoms with van der Waals surface area (Å²) in [6, 6.07) is 3.68. The molecule has 1 aliphatic heterocycles. The number of anilines is 1. The maximum absolute atomic E-state index is 10.6. The number of methoxy groups -OCH3 is 1. The van der Waals surface area contributed by atoms with Crippen molar-refractivity contribution >= 4 is 17.9 Å². The summed E-state index contributed by atoms with van der Waals surface area (Å²) in [5.41, 5.74) is 2.11. The largest absolute Gasteiger partial charge is 0.478 e. The number of aromatic nitrogens is 1. The van der Waals surface area contributed by atoms with Gasteiger partial charge in [0.2, 0.25) is 0 Å². The van der Waals surface area contributed by atoms with Gasteiger partial charge in [0, 0.05) is 38.0 Å². The Kier molecular flexibility index (Phi) is 4.90. The summed E-state index contributed by atoms with van der Waals surface area (Å²) < 4.78 is 5.13. The Morgan fingerprint density at radius 2 is 2.45 bits per heavy atom. The highest BCUT2D eigenvalue weighted by atomic mass is 16.5. The molecule has 1 aliphatic rings. The first kappa shape index (κ1) is 14.3. The molecule has 1 N–H and O–H groups in total. The molecule has 1 aromatic heterocycles. The van der Waals surface area contributed by atoms with Gasteiger partial charge in [0.05, 0.1) is 6.61 Å². The summed E-state index contributed by atoms with van der Waals surface area (Å²) in [5, 5.41) is 8.73. The molecule has 0 bridgehead atoms. The van der Waals surface area contributed by atoms with E-state index in [1.807, 2.05) is 6.07 Å². The monoisotopic (exact) mass is 274 g/mol. The minimum atomic E-state index is -0.958. The predicted molar refractivity (Wildman–Crippen MR) is 77.7 cm³/mol. The SMILES string of the molecule is COCC1=CCN(c2ncccc2/C=C/C(=O)O)CC1. The predicted octanol–water partition coefficient (Wildman–Crippen LogP) is 1.96. The van der Waals surface area contributed by atoms with Crippen LogP contribution in [0.3, 0.4) is 0 Å². The van der Waals surface area contributed by atoms with Gasteiger partial charge in [0.25, 0.3) is 0 Å². The van der Waals surface area contributed by atoms with E-state index in [1.54, 1.807) is 25.4 Å². The average Bonchev–Trinajstić information content (AvgIpc) is 2.47. The van der Waals surface area contributed by atoms with Crippen molar-refractivity contribution in [1.29, 1.82) is 0 Å². The molecule has 0 radical (unpaired) electrons. The number of carboxylic acid groups (broad SMARTS) is 1. The van der Waals surface area contributed by atoms with E-state index in [4.69, 9.17) is 9.84 Å². The smallest absolute Gasteiger partial charge is 0.328 e. The van der Waals surface area contributed by atoms with Crippen molar-refractivity contribution < 1.29 is 14.6 Å². The van der Waals surface area contributed by atoms with Gasteiger partial charge < -0.3 is 14.7 Å². The van der Waals surface area contributed by atoms with Gasteiger partial charge >= 0.3 is 5.97 Å². The fourth-order valence-electron chi connectivity index (χ4n) is 2.18. The molecule has 0 aliphatic carbocycles. The molecule has 0 atom stereocenters. The highest BCUT2D eigenvalue weighted by molar-refractivity contribution is 5.86. The quantitative estimate of drug-likeness (QED) is 0.657. The maximum atomic E-state index is 10.6. The van der Waals surface area contributed by atoms with Gasteiger partial charge in [0.15, 0.2) is 0 Å². The van der Waals surface area contributed by atoms with Crippen molar-refractivity contribution in [3.05, 3.63) is 41.6 Å². The van der Waals surface area contributed by atoms with Crippen LogP contribution >= 0.6 is 0 Å². The van der Waals surface area contributed by atoms with Crippen LogP contribution in [0.5, 0.6) is 0 Å². The van der Waals surface area contributed by atoms with Crippen LogP contribution in [0.4, 0.5) is 5.82 Å². The number of carboxylic acids is 1. The van der Waals surface area contributed by atoms with Crippen molar-refractivity contribution in [1.82, 2.24) is 4.98 Å². The summed E-state index contributed by atoms with van der Waals surface area (Å²) >= 11 is 0. The van der Waals surface area contributed by atoms with Crippen LogP contribution in [0, 0.1) is 0 Å². The second kappa shape index (κ2) is 6.86. The van der Waals surface area contributed by atoms with E-state index >= 15 is 0 Å². The molecule has 0 spiro atoms. The Morgan fingerprint density at radius 3 is 3.10 bits per heavy atom. The number of hydrogen-bond acceptors (Lipinski definition) is 4. The molecule has 0 fully saturated rings. The van der Waals surface area contributed by atoms with Crippen molar-refractivity contribution in [2.75, 3.05) is 31.7 Å². The molecule has 0 saturated carbocycles. The maximum Gasteiger partial charge on any atom is 0.328 e. The number of pyridine rings is 1. The molecular formula is C15H18N2O3.